The molecule has 5 unspecified atom stereocenters. The zero-order valence-electron chi connectivity index (χ0n) is 13.5. The summed E-state index contributed by atoms with van der Waals surface area (Å²) in [5.41, 5.74) is 1.11. The third-order valence-corrected chi connectivity index (χ3v) is 7.71. The summed E-state index contributed by atoms with van der Waals surface area (Å²) < 4.78 is 0. The van der Waals surface area contributed by atoms with Gasteiger partial charge in [0.25, 0.3) is 0 Å². The van der Waals surface area contributed by atoms with Gasteiger partial charge in [-0.15, -0.1) is 0 Å². The van der Waals surface area contributed by atoms with Crippen molar-refractivity contribution in [2.24, 2.45) is 28.6 Å². The average molecular weight is 263 g/mol. The fourth-order valence-electron chi connectivity index (χ4n) is 5.50. The lowest BCUT2D eigenvalue weighted by Crippen LogP contribution is -2.46. The van der Waals surface area contributed by atoms with Crippen molar-refractivity contribution >= 4 is 0 Å². The Kier molecular flexibility index (Phi) is 3.48. The van der Waals surface area contributed by atoms with E-state index in [4.69, 9.17) is 0 Å². The van der Waals surface area contributed by atoms with Gasteiger partial charge in [-0.1, -0.05) is 47.0 Å². The predicted molar refractivity (Wildman–Crippen MR) is 82.1 cm³/mol. The van der Waals surface area contributed by atoms with Crippen molar-refractivity contribution in [1.82, 2.24) is 5.32 Å². The molecule has 0 aromatic rings. The van der Waals surface area contributed by atoms with Crippen LogP contribution in [0, 0.1) is 28.6 Å². The average Bonchev–Trinajstić information content (AvgIpc) is 2.70. The standard InChI is InChI=1S/C18H33N/c1-13-7-5-6-8-14(13)12-19-16-11-15-9-10-18(16,4)17(15,2)3/h13-16,19H,5-12H2,1-4H3. The Bertz CT molecular complexity index is 335. The van der Waals surface area contributed by atoms with Gasteiger partial charge in [0.2, 0.25) is 0 Å². The molecular formula is C18H33N. The van der Waals surface area contributed by atoms with Crippen LogP contribution in [0.15, 0.2) is 0 Å². The lowest BCUT2D eigenvalue weighted by atomic mass is 9.69. The van der Waals surface area contributed by atoms with Crippen molar-refractivity contribution in [2.45, 2.75) is 78.7 Å². The third kappa shape index (κ3) is 2.07. The molecule has 1 N–H and O–H groups in total. The monoisotopic (exact) mass is 263 g/mol. The van der Waals surface area contributed by atoms with Gasteiger partial charge in [0.15, 0.2) is 0 Å². The summed E-state index contributed by atoms with van der Waals surface area (Å²) in [5, 5.41) is 4.01. The molecule has 0 aromatic carbocycles. The molecule has 3 saturated carbocycles. The lowest BCUT2D eigenvalue weighted by molar-refractivity contribution is 0.114. The summed E-state index contributed by atoms with van der Waals surface area (Å²) in [6, 6.07) is 0.787. The van der Waals surface area contributed by atoms with Gasteiger partial charge < -0.3 is 5.32 Å². The quantitative estimate of drug-likeness (QED) is 0.783. The van der Waals surface area contributed by atoms with Crippen molar-refractivity contribution < 1.29 is 0 Å². The van der Waals surface area contributed by atoms with Gasteiger partial charge in [-0.2, -0.15) is 0 Å². The van der Waals surface area contributed by atoms with Crippen LogP contribution in [-0.2, 0) is 0 Å². The van der Waals surface area contributed by atoms with Gasteiger partial charge in [-0.05, 0) is 60.8 Å². The van der Waals surface area contributed by atoms with Crippen molar-refractivity contribution in [1.29, 1.82) is 0 Å². The van der Waals surface area contributed by atoms with E-state index in [0.717, 1.165) is 23.8 Å². The Morgan fingerprint density at radius 2 is 1.79 bits per heavy atom. The van der Waals surface area contributed by atoms with Gasteiger partial charge in [-0.3, -0.25) is 0 Å². The molecule has 0 saturated heterocycles. The van der Waals surface area contributed by atoms with Crippen molar-refractivity contribution in [3.05, 3.63) is 0 Å². The molecule has 0 aliphatic heterocycles. The first kappa shape index (κ1) is 13.9. The van der Waals surface area contributed by atoms with Crippen LogP contribution < -0.4 is 5.32 Å². The molecule has 0 heterocycles. The Balaban J connectivity index is 1.60. The Morgan fingerprint density at radius 3 is 2.37 bits per heavy atom. The summed E-state index contributed by atoms with van der Waals surface area (Å²) in [6.45, 7) is 11.4. The smallest absolute Gasteiger partial charge is 0.0129 e. The Labute approximate surface area is 119 Å². The fraction of sp³-hybridized carbons (Fsp3) is 1.00. The van der Waals surface area contributed by atoms with Crippen molar-refractivity contribution in [3.63, 3.8) is 0 Å². The second kappa shape index (κ2) is 4.76. The third-order valence-electron chi connectivity index (χ3n) is 7.71. The minimum atomic E-state index is 0.551. The summed E-state index contributed by atoms with van der Waals surface area (Å²) in [6.07, 6.45) is 10.2. The molecule has 0 spiro atoms. The van der Waals surface area contributed by atoms with E-state index in [0.29, 0.717) is 10.8 Å². The van der Waals surface area contributed by atoms with Gasteiger partial charge in [0.05, 0.1) is 0 Å². The molecule has 3 aliphatic carbocycles. The molecule has 110 valence electrons. The van der Waals surface area contributed by atoms with E-state index in [1.165, 1.54) is 51.5 Å². The summed E-state index contributed by atoms with van der Waals surface area (Å²) in [7, 11) is 0. The van der Waals surface area contributed by atoms with Gasteiger partial charge in [0, 0.05) is 6.04 Å². The molecule has 0 radical (unpaired) electrons. The molecule has 0 aromatic heterocycles. The number of hydrogen-bond acceptors (Lipinski definition) is 1. The van der Waals surface area contributed by atoms with E-state index in [1.807, 2.05) is 0 Å². The maximum absolute atomic E-state index is 4.01. The minimum absolute atomic E-state index is 0.551. The van der Waals surface area contributed by atoms with Crippen LogP contribution in [0.4, 0.5) is 0 Å². The highest BCUT2D eigenvalue weighted by atomic mass is 15.0. The van der Waals surface area contributed by atoms with E-state index in [-0.39, 0.29) is 0 Å². The normalized spacial score (nSPS) is 48.6. The zero-order chi connectivity index (χ0) is 13.7. The Hall–Kier alpha value is -0.0400. The molecular weight excluding hydrogens is 230 g/mol. The topological polar surface area (TPSA) is 12.0 Å². The molecule has 3 aliphatic rings. The van der Waals surface area contributed by atoms with E-state index in [9.17, 15) is 0 Å². The maximum Gasteiger partial charge on any atom is 0.0129 e. The molecule has 0 amide bonds. The second-order valence-corrected chi connectivity index (χ2v) is 8.59. The van der Waals surface area contributed by atoms with Crippen LogP contribution in [0.3, 0.4) is 0 Å². The first-order valence-electron chi connectivity index (χ1n) is 8.68. The SMILES string of the molecule is CC1CCCCC1CNC1CC2CCC1(C)C2(C)C. The molecule has 2 bridgehead atoms. The minimum Gasteiger partial charge on any atom is -0.313 e. The number of nitrogens with one attached hydrogen (secondary N) is 1. The summed E-state index contributed by atoms with van der Waals surface area (Å²) >= 11 is 0. The summed E-state index contributed by atoms with van der Waals surface area (Å²) in [4.78, 5) is 0. The highest BCUT2D eigenvalue weighted by Gasteiger charge is 2.61. The van der Waals surface area contributed by atoms with Crippen molar-refractivity contribution in [3.8, 4) is 0 Å². The van der Waals surface area contributed by atoms with Crippen LogP contribution >= 0.6 is 0 Å². The van der Waals surface area contributed by atoms with Crippen LogP contribution in [-0.4, -0.2) is 12.6 Å². The molecule has 5 atom stereocenters. The van der Waals surface area contributed by atoms with E-state index < -0.39 is 0 Å². The van der Waals surface area contributed by atoms with E-state index in [2.05, 4.69) is 33.0 Å². The second-order valence-electron chi connectivity index (χ2n) is 8.59. The maximum atomic E-state index is 4.01. The highest BCUT2D eigenvalue weighted by Crippen LogP contribution is 2.65. The van der Waals surface area contributed by atoms with Gasteiger partial charge in [-0.25, -0.2) is 0 Å². The first-order valence-corrected chi connectivity index (χ1v) is 8.68. The lowest BCUT2D eigenvalue weighted by Gasteiger charge is -2.41. The predicted octanol–water partition coefficient (Wildman–Crippen LogP) is 4.62. The van der Waals surface area contributed by atoms with Crippen LogP contribution in [0.2, 0.25) is 0 Å². The number of hydrogen-bond donors (Lipinski definition) is 1. The number of fused-ring (bicyclic) bond motifs is 2. The van der Waals surface area contributed by atoms with Crippen LogP contribution in [0.5, 0.6) is 0 Å². The van der Waals surface area contributed by atoms with E-state index >= 15 is 0 Å². The largest absolute Gasteiger partial charge is 0.313 e. The highest BCUT2D eigenvalue weighted by molar-refractivity contribution is 5.13. The Morgan fingerprint density at radius 1 is 1.05 bits per heavy atom. The summed E-state index contributed by atoms with van der Waals surface area (Å²) in [5.74, 6) is 2.86. The zero-order valence-corrected chi connectivity index (χ0v) is 13.5. The van der Waals surface area contributed by atoms with E-state index in [1.54, 1.807) is 0 Å². The molecule has 3 fully saturated rings. The first-order chi connectivity index (χ1) is 8.95. The van der Waals surface area contributed by atoms with Gasteiger partial charge in [0.1, 0.15) is 0 Å². The van der Waals surface area contributed by atoms with Crippen LogP contribution in [0.1, 0.15) is 72.6 Å². The molecule has 3 rings (SSSR count). The molecule has 1 nitrogen and oxygen atoms in total. The van der Waals surface area contributed by atoms with Crippen LogP contribution in [0.25, 0.3) is 0 Å². The molecule has 19 heavy (non-hydrogen) atoms. The van der Waals surface area contributed by atoms with Gasteiger partial charge >= 0.3 is 0 Å². The fourth-order valence-corrected chi connectivity index (χ4v) is 5.50. The number of rotatable bonds is 3. The van der Waals surface area contributed by atoms with Crippen molar-refractivity contribution in [2.75, 3.05) is 6.54 Å². The molecule has 1 heteroatoms.